The van der Waals surface area contributed by atoms with E-state index in [0.717, 1.165) is 0 Å². The Labute approximate surface area is 515 Å². The van der Waals surface area contributed by atoms with Gasteiger partial charge in [-0.05, 0) is 27.7 Å². The van der Waals surface area contributed by atoms with E-state index in [-0.39, 0.29) is 6.61 Å². The van der Waals surface area contributed by atoms with Crippen LogP contribution in [-0.4, -0.2) is 394 Å². The fourth-order valence-corrected chi connectivity index (χ4v) is 12.3. The Morgan fingerprint density at radius 2 is 0.533 bits per heavy atom. The maximum absolute atomic E-state index is 12.1. The molecule has 37 heteroatoms. The molecule has 17 N–H and O–H groups in total. The average Bonchev–Trinajstić information content (AvgIpc) is 0.853. The summed E-state index contributed by atoms with van der Waals surface area (Å²) >= 11 is 0. The highest BCUT2D eigenvalue weighted by atomic mass is 16.8. The zero-order valence-electron chi connectivity index (χ0n) is 50.7. The van der Waals surface area contributed by atoms with Crippen LogP contribution in [0.15, 0.2) is 0 Å². The molecule has 0 saturated carbocycles. The molecule has 8 rings (SSSR count). The summed E-state index contributed by atoms with van der Waals surface area (Å²) in [6.45, 7) is 2.83. The van der Waals surface area contributed by atoms with Crippen molar-refractivity contribution in [2.24, 2.45) is 0 Å². The first kappa shape index (κ1) is 74.3. The van der Waals surface area contributed by atoms with Crippen LogP contribution in [0, 0.1) is 0 Å². The Hall–Kier alpha value is -1.48. The molecule has 0 aromatic carbocycles. The van der Waals surface area contributed by atoms with Crippen LogP contribution < -0.4 is 0 Å². The van der Waals surface area contributed by atoms with Gasteiger partial charge in [0.1, 0.15) is 171 Å². The summed E-state index contributed by atoms with van der Waals surface area (Å²) < 4.78 is 117. The molecular weight excluding hydrogens is 1230 g/mol. The minimum atomic E-state index is -2.06. The largest absolute Gasteiger partial charge is 0.394 e. The van der Waals surface area contributed by atoms with Gasteiger partial charge in [0.15, 0.2) is 50.3 Å². The molecule has 0 aromatic rings. The smallest absolute Gasteiger partial charge is 0.189 e. The molecule has 8 aliphatic heterocycles. The van der Waals surface area contributed by atoms with Gasteiger partial charge in [-0.3, -0.25) is 0 Å². The van der Waals surface area contributed by atoms with E-state index >= 15 is 0 Å². The van der Waals surface area contributed by atoms with Crippen molar-refractivity contribution in [2.75, 3.05) is 62.0 Å². The van der Waals surface area contributed by atoms with Gasteiger partial charge in [-0.25, -0.2) is 0 Å². The molecular formula is C53H92O37. The number of methoxy groups -OCH3 is 5. The van der Waals surface area contributed by atoms with E-state index in [1.165, 1.54) is 63.2 Å². The molecule has 0 radical (unpaired) electrons. The first-order valence-corrected chi connectivity index (χ1v) is 29.5. The van der Waals surface area contributed by atoms with Gasteiger partial charge >= 0.3 is 0 Å². The van der Waals surface area contributed by atoms with E-state index in [2.05, 4.69) is 0 Å². The second-order valence-corrected chi connectivity index (χ2v) is 23.4. The summed E-state index contributed by atoms with van der Waals surface area (Å²) in [6.07, 6.45) is -65.1. The fraction of sp³-hybridized carbons (Fsp3) is 1.00. The zero-order valence-corrected chi connectivity index (χ0v) is 50.7. The van der Waals surface area contributed by atoms with Crippen molar-refractivity contribution in [1.82, 2.24) is 0 Å². The number of ether oxygens (including phenoxy) is 20. The van der Waals surface area contributed by atoms with Gasteiger partial charge in [0.25, 0.3) is 0 Å². The topological polar surface area (TPSA) is 529 Å². The molecule has 0 bridgehead atoms. The van der Waals surface area contributed by atoms with Crippen LogP contribution in [0.2, 0.25) is 0 Å². The lowest BCUT2D eigenvalue weighted by molar-refractivity contribution is -0.403. The molecule has 8 heterocycles. The van der Waals surface area contributed by atoms with Crippen molar-refractivity contribution in [3.63, 3.8) is 0 Å². The third-order valence-corrected chi connectivity index (χ3v) is 17.6. The third kappa shape index (κ3) is 15.3. The van der Waals surface area contributed by atoms with E-state index in [4.69, 9.17) is 94.7 Å². The summed E-state index contributed by atoms with van der Waals surface area (Å²) in [7, 11) is 6.08. The molecule has 526 valence electrons. The van der Waals surface area contributed by atoms with E-state index in [1.807, 2.05) is 0 Å². The molecule has 90 heavy (non-hydrogen) atoms. The van der Waals surface area contributed by atoms with Crippen LogP contribution in [0.4, 0.5) is 0 Å². The fourth-order valence-electron chi connectivity index (χ4n) is 12.3. The number of hydrogen-bond donors (Lipinski definition) is 17. The molecule has 0 spiro atoms. The van der Waals surface area contributed by atoms with E-state index in [9.17, 15) is 86.8 Å². The second-order valence-electron chi connectivity index (χ2n) is 23.4. The van der Waals surface area contributed by atoms with E-state index in [0.29, 0.717) is 0 Å². The zero-order chi connectivity index (χ0) is 66.1. The van der Waals surface area contributed by atoms with Gasteiger partial charge < -0.3 is 182 Å². The Morgan fingerprint density at radius 1 is 0.233 bits per heavy atom. The van der Waals surface area contributed by atoms with Gasteiger partial charge in [0.2, 0.25) is 0 Å². The Bertz CT molecular complexity index is 2150. The molecule has 0 aliphatic carbocycles. The monoisotopic (exact) mass is 1320 g/mol. The lowest BCUT2D eigenvalue weighted by Crippen LogP contribution is -2.68. The van der Waals surface area contributed by atoms with Crippen molar-refractivity contribution in [3.05, 3.63) is 0 Å². The summed E-state index contributed by atoms with van der Waals surface area (Å²) in [5.41, 5.74) is 0. The SMILES string of the molecule is COC[C@H]1O[C@H](O[C@H]2O[C@H](CO)[C@@H](O)[C@H](O)[C@H]2O)[C@H](O)[C@@H](O[C@@H]2O[C@@H](C)[C@H](OC)[C@@H](O[C@@H]3O[C@H](CO)[C@@H](O)[C@H](O[C@@H]4O[C@@H](C)[C@H](O)[C@@H](O[C@@H]5O[C@@H](C)[C@H](O)[C@@H](O[C@@H]6O[C@H](CO)[C@@H](O)[C@H](O[C@@H]7O[C@@H](C)[C@@H](O)[C@@H](O)[C@@H]7OC)[C@H]6O)[C@H]5OC)[C@H]4OC)[C@H]3O)[C@H]2O)[C@@H]1O. The molecule has 40 atom stereocenters. The van der Waals surface area contributed by atoms with Gasteiger partial charge in [-0.2, -0.15) is 0 Å². The second kappa shape index (κ2) is 32.3. The Kier molecular flexibility index (Phi) is 26.6. The first-order chi connectivity index (χ1) is 42.7. The standard InChI is InChI=1S/C53H92O37/c1-14-22(57)30(65)43(73-7)51(76-14)85-37-26(61)19(11-55)81-48(32(37)67)87-40-23(58)15(2)78-53(44(40)74-8)89-41-24(59)16(3)77-52(45(41)75-9)86-38-27(62)20(12-56)82-49(33(38)68)88-42-35(70)47(79-17(4)36(42)72-6)84-39-28(63)21(13-71-5)83-50(34(39)69)90-46-31(66)29(64)25(60)18(10-54)80-46/h14-70H,10-13H2,1-9H3/t14-,15-,16-,17-,18+,19+,20+,21+,22+,23-,24-,25+,26+,27+,28+,29-,30+,31+,32+,33+,34+,35+,36-,37-,38-,39-,40+,41+,42-,43-,44+,45+,46+,47-,48-,49-,50+,51-,52-,53-/m0/s1. The van der Waals surface area contributed by atoms with Crippen LogP contribution in [-0.2, 0) is 94.7 Å². The lowest BCUT2D eigenvalue weighted by atomic mass is 9.95. The predicted molar refractivity (Wildman–Crippen MR) is 283 cm³/mol. The van der Waals surface area contributed by atoms with E-state index in [1.54, 1.807) is 0 Å². The van der Waals surface area contributed by atoms with Gasteiger partial charge in [-0.15, -0.1) is 0 Å². The highest BCUT2D eigenvalue weighted by molar-refractivity contribution is 5.01. The van der Waals surface area contributed by atoms with Crippen LogP contribution >= 0.6 is 0 Å². The van der Waals surface area contributed by atoms with Crippen molar-refractivity contribution >= 4 is 0 Å². The molecule has 0 unspecified atom stereocenters. The van der Waals surface area contributed by atoms with Crippen LogP contribution in [0.3, 0.4) is 0 Å². The lowest BCUT2D eigenvalue weighted by Gasteiger charge is -2.51. The number of aliphatic hydroxyl groups excluding tert-OH is 17. The molecule has 8 fully saturated rings. The van der Waals surface area contributed by atoms with Gasteiger partial charge in [-0.1, -0.05) is 0 Å². The normalized spacial score (nSPS) is 53.1. The quantitative estimate of drug-likeness (QED) is 0.0452. The molecule has 37 nitrogen and oxygen atoms in total. The van der Waals surface area contributed by atoms with Gasteiger partial charge in [0, 0.05) is 35.5 Å². The van der Waals surface area contributed by atoms with Crippen molar-refractivity contribution in [1.29, 1.82) is 0 Å². The summed E-state index contributed by atoms with van der Waals surface area (Å²) in [6, 6.07) is 0. The minimum Gasteiger partial charge on any atom is -0.394 e. The molecule has 0 aromatic heterocycles. The maximum atomic E-state index is 12.1. The van der Waals surface area contributed by atoms with Crippen molar-refractivity contribution in [2.45, 2.75) is 273 Å². The van der Waals surface area contributed by atoms with Crippen LogP contribution in [0.25, 0.3) is 0 Å². The third-order valence-electron chi connectivity index (χ3n) is 17.6. The maximum Gasteiger partial charge on any atom is 0.189 e. The van der Waals surface area contributed by atoms with Crippen LogP contribution in [0.1, 0.15) is 27.7 Å². The van der Waals surface area contributed by atoms with Gasteiger partial charge in [0.05, 0.1) is 50.8 Å². The first-order valence-electron chi connectivity index (χ1n) is 29.5. The molecule has 0 amide bonds. The predicted octanol–water partition coefficient (Wildman–Crippen LogP) is -11.1. The summed E-state index contributed by atoms with van der Waals surface area (Å²) in [5.74, 6) is 0. The summed E-state index contributed by atoms with van der Waals surface area (Å²) in [5, 5.41) is 188. The van der Waals surface area contributed by atoms with Crippen LogP contribution in [0.5, 0.6) is 0 Å². The molecule has 8 aliphatic rings. The average molecular weight is 1320 g/mol. The van der Waals surface area contributed by atoms with Crippen molar-refractivity contribution < 1.29 is 182 Å². The summed E-state index contributed by atoms with van der Waals surface area (Å²) in [4.78, 5) is 0. The number of aliphatic hydroxyl groups is 17. The highest BCUT2D eigenvalue weighted by Crippen LogP contribution is 2.40. The number of hydrogen-bond acceptors (Lipinski definition) is 37. The van der Waals surface area contributed by atoms with Crippen molar-refractivity contribution in [3.8, 4) is 0 Å². The molecule has 8 saturated heterocycles. The Balaban J connectivity index is 0.971. The highest BCUT2D eigenvalue weighted by Gasteiger charge is 2.60. The minimum absolute atomic E-state index is 0.352. The number of rotatable bonds is 23. The Morgan fingerprint density at radius 3 is 0.956 bits per heavy atom. The van der Waals surface area contributed by atoms with E-state index < -0.39 is 265 Å².